The van der Waals surface area contributed by atoms with Gasteiger partial charge in [0.05, 0.1) is 0 Å². The number of rotatable bonds is 5. The van der Waals surface area contributed by atoms with Crippen LogP contribution in [0.15, 0.2) is 35.3 Å². The Morgan fingerprint density at radius 3 is 2.56 bits per heavy atom. The summed E-state index contributed by atoms with van der Waals surface area (Å²) in [7, 11) is 0. The number of benzene rings is 1. The van der Waals surface area contributed by atoms with Crippen LogP contribution in [-0.4, -0.2) is 23.3 Å². The maximum absolute atomic E-state index is 11.0. The van der Waals surface area contributed by atoms with Gasteiger partial charge in [-0.2, -0.15) is 0 Å². The van der Waals surface area contributed by atoms with Gasteiger partial charge in [0, 0.05) is 6.21 Å². The van der Waals surface area contributed by atoms with Gasteiger partial charge in [0.2, 0.25) is 0 Å². The molecule has 0 radical (unpaired) electrons. The van der Waals surface area contributed by atoms with Gasteiger partial charge in [-0.3, -0.25) is 4.99 Å². The maximum atomic E-state index is 11.0. The molecule has 2 atom stereocenters. The van der Waals surface area contributed by atoms with Crippen LogP contribution in [-0.2, 0) is 4.79 Å². The van der Waals surface area contributed by atoms with Crippen molar-refractivity contribution < 1.29 is 9.90 Å². The van der Waals surface area contributed by atoms with Gasteiger partial charge in [0.15, 0.2) is 0 Å². The Kier molecular flexibility index (Phi) is 4.70. The molecule has 0 saturated heterocycles. The average Bonchev–Trinajstić information content (AvgIpc) is 2.30. The van der Waals surface area contributed by atoms with Gasteiger partial charge in [0.25, 0.3) is 0 Å². The largest absolute Gasteiger partial charge is 0.480 e. The van der Waals surface area contributed by atoms with E-state index in [2.05, 4.69) is 4.99 Å². The van der Waals surface area contributed by atoms with E-state index in [4.69, 9.17) is 5.11 Å². The zero-order chi connectivity index (χ0) is 12.0. The average molecular weight is 219 g/mol. The monoisotopic (exact) mass is 219 g/mol. The minimum atomic E-state index is -0.860. The molecule has 0 aliphatic heterocycles. The fourth-order valence-electron chi connectivity index (χ4n) is 1.38. The molecule has 1 N–H and O–H groups in total. The van der Waals surface area contributed by atoms with Crippen LogP contribution in [0.1, 0.15) is 25.8 Å². The second-order valence-electron chi connectivity index (χ2n) is 3.86. The van der Waals surface area contributed by atoms with Gasteiger partial charge in [0.1, 0.15) is 6.04 Å². The minimum absolute atomic E-state index is 0.0532. The van der Waals surface area contributed by atoms with Crippen LogP contribution in [0.3, 0.4) is 0 Å². The predicted molar refractivity (Wildman–Crippen MR) is 64.9 cm³/mol. The summed E-state index contributed by atoms with van der Waals surface area (Å²) < 4.78 is 0. The lowest BCUT2D eigenvalue weighted by Crippen LogP contribution is -2.25. The fourth-order valence-corrected chi connectivity index (χ4v) is 1.38. The number of hydrogen-bond donors (Lipinski definition) is 1. The second-order valence-corrected chi connectivity index (χ2v) is 3.86. The highest BCUT2D eigenvalue weighted by atomic mass is 16.4. The van der Waals surface area contributed by atoms with Gasteiger partial charge in [-0.15, -0.1) is 0 Å². The van der Waals surface area contributed by atoms with Crippen molar-refractivity contribution >= 4 is 12.2 Å². The summed E-state index contributed by atoms with van der Waals surface area (Å²) in [5.74, 6) is -0.806. The smallest absolute Gasteiger partial charge is 0.328 e. The molecule has 3 heteroatoms. The molecule has 0 bridgehead atoms. The van der Waals surface area contributed by atoms with E-state index in [1.54, 1.807) is 6.21 Å². The number of carboxylic acids is 1. The van der Waals surface area contributed by atoms with Crippen LogP contribution < -0.4 is 0 Å². The molecular weight excluding hydrogens is 202 g/mol. The quantitative estimate of drug-likeness (QED) is 0.774. The number of hydrogen-bond acceptors (Lipinski definition) is 2. The van der Waals surface area contributed by atoms with Gasteiger partial charge in [-0.1, -0.05) is 50.6 Å². The van der Waals surface area contributed by atoms with Gasteiger partial charge in [-0.05, 0) is 11.5 Å². The Labute approximate surface area is 95.8 Å². The molecule has 2 unspecified atom stereocenters. The Balaban J connectivity index is 2.76. The van der Waals surface area contributed by atoms with E-state index in [0.717, 1.165) is 12.0 Å². The second kappa shape index (κ2) is 6.05. The SMILES string of the molecule is CCC(C)C(N=Cc1ccccc1)C(=O)O. The van der Waals surface area contributed by atoms with E-state index in [0.29, 0.717) is 0 Å². The van der Waals surface area contributed by atoms with Crippen molar-refractivity contribution in [2.75, 3.05) is 0 Å². The van der Waals surface area contributed by atoms with Crippen molar-refractivity contribution in [2.24, 2.45) is 10.9 Å². The number of aliphatic imine (C=N–C) groups is 1. The van der Waals surface area contributed by atoms with Crippen molar-refractivity contribution in [1.82, 2.24) is 0 Å². The molecule has 0 saturated carbocycles. The van der Waals surface area contributed by atoms with Crippen LogP contribution >= 0.6 is 0 Å². The summed E-state index contributed by atoms with van der Waals surface area (Å²) in [5.41, 5.74) is 0.928. The van der Waals surface area contributed by atoms with Crippen LogP contribution in [0.2, 0.25) is 0 Å². The Hall–Kier alpha value is -1.64. The van der Waals surface area contributed by atoms with Crippen molar-refractivity contribution in [3.05, 3.63) is 35.9 Å². The molecule has 1 rings (SSSR count). The normalized spacial score (nSPS) is 14.9. The summed E-state index contributed by atoms with van der Waals surface area (Å²) in [6, 6.07) is 8.88. The Morgan fingerprint density at radius 1 is 1.44 bits per heavy atom. The zero-order valence-electron chi connectivity index (χ0n) is 9.63. The van der Waals surface area contributed by atoms with Crippen LogP contribution in [0, 0.1) is 5.92 Å². The van der Waals surface area contributed by atoms with E-state index in [1.807, 2.05) is 44.2 Å². The van der Waals surface area contributed by atoms with E-state index >= 15 is 0 Å². The summed E-state index contributed by atoms with van der Waals surface area (Å²) in [6.07, 6.45) is 2.44. The first-order valence-corrected chi connectivity index (χ1v) is 5.46. The third-order valence-electron chi connectivity index (χ3n) is 2.62. The fraction of sp³-hybridized carbons (Fsp3) is 0.385. The lowest BCUT2D eigenvalue weighted by Gasteiger charge is -2.13. The van der Waals surface area contributed by atoms with Crippen molar-refractivity contribution in [3.63, 3.8) is 0 Å². The Bertz CT molecular complexity index is 359. The predicted octanol–water partition coefficient (Wildman–Crippen LogP) is 2.60. The highest BCUT2D eigenvalue weighted by Gasteiger charge is 2.21. The molecule has 0 heterocycles. The van der Waals surface area contributed by atoms with Crippen molar-refractivity contribution in [1.29, 1.82) is 0 Å². The molecule has 1 aromatic rings. The zero-order valence-corrected chi connectivity index (χ0v) is 9.63. The van der Waals surface area contributed by atoms with E-state index in [-0.39, 0.29) is 5.92 Å². The Morgan fingerprint density at radius 2 is 2.06 bits per heavy atom. The van der Waals surface area contributed by atoms with E-state index < -0.39 is 12.0 Å². The topological polar surface area (TPSA) is 49.7 Å². The molecule has 1 aromatic carbocycles. The summed E-state index contributed by atoms with van der Waals surface area (Å²) in [6.45, 7) is 3.87. The minimum Gasteiger partial charge on any atom is -0.480 e. The summed E-state index contributed by atoms with van der Waals surface area (Å²) in [5, 5.41) is 9.04. The number of carboxylic acid groups (broad SMARTS) is 1. The number of carbonyl (C=O) groups is 1. The lowest BCUT2D eigenvalue weighted by molar-refractivity contribution is -0.139. The first kappa shape index (κ1) is 12.4. The van der Waals surface area contributed by atoms with E-state index in [1.165, 1.54) is 0 Å². The maximum Gasteiger partial charge on any atom is 0.328 e. The lowest BCUT2D eigenvalue weighted by atomic mass is 10.00. The van der Waals surface area contributed by atoms with Crippen LogP contribution in [0.5, 0.6) is 0 Å². The number of nitrogens with zero attached hydrogens (tertiary/aromatic N) is 1. The molecule has 16 heavy (non-hydrogen) atoms. The molecule has 0 aliphatic rings. The molecule has 3 nitrogen and oxygen atoms in total. The van der Waals surface area contributed by atoms with Gasteiger partial charge >= 0.3 is 5.97 Å². The summed E-state index contributed by atoms with van der Waals surface area (Å²) >= 11 is 0. The van der Waals surface area contributed by atoms with Crippen LogP contribution in [0.25, 0.3) is 0 Å². The molecular formula is C13H17NO2. The van der Waals surface area contributed by atoms with Crippen LogP contribution in [0.4, 0.5) is 0 Å². The highest BCUT2D eigenvalue weighted by Crippen LogP contribution is 2.11. The number of aliphatic carboxylic acids is 1. The standard InChI is InChI=1S/C13H17NO2/c1-3-10(2)12(13(15)16)14-9-11-7-5-4-6-8-11/h4-10,12H,3H2,1-2H3,(H,15,16). The summed E-state index contributed by atoms with van der Waals surface area (Å²) in [4.78, 5) is 15.1. The molecule has 0 amide bonds. The molecule has 0 aliphatic carbocycles. The first-order chi connectivity index (χ1) is 7.65. The highest BCUT2D eigenvalue weighted by molar-refractivity contribution is 5.83. The van der Waals surface area contributed by atoms with Crippen molar-refractivity contribution in [2.45, 2.75) is 26.3 Å². The molecule has 0 spiro atoms. The molecule has 86 valence electrons. The van der Waals surface area contributed by atoms with Crippen molar-refractivity contribution in [3.8, 4) is 0 Å². The third kappa shape index (κ3) is 3.50. The first-order valence-electron chi connectivity index (χ1n) is 5.46. The van der Waals surface area contributed by atoms with E-state index in [9.17, 15) is 4.79 Å². The molecule has 0 aromatic heterocycles. The van der Waals surface area contributed by atoms with Gasteiger partial charge < -0.3 is 5.11 Å². The third-order valence-corrected chi connectivity index (χ3v) is 2.62. The van der Waals surface area contributed by atoms with Gasteiger partial charge in [-0.25, -0.2) is 4.79 Å². The molecule has 0 fully saturated rings.